The van der Waals surface area contributed by atoms with Gasteiger partial charge in [0.1, 0.15) is 10.7 Å². The van der Waals surface area contributed by atoms with E-state index in [2.05, 4.69) is 9.71 Å². The average Bonchev–Trinajstić information content (AvgIpc) is 3.10. The number of nitrogens with one attached hydrogen (secondary N) is 1. The van der Waals surface area contributed by atoms with Crippen LogP contribution in [0.15, 0.2) is 29.6 Å². The van der Waals surface area contributed by atoms with Crippen molar-refractivity contribution in [3.05, 3.63) is 40.4 Å². The second kappa shape index (κ2) is 8.04. The third kappa shape index (κ3) is 5.03. The van der Waals surface area contributed by atoms with E-state index in [-0.39, 0.29) is 11.8 Å². The molecule has 2 heterocycles. The number of carbonyl (C=O) groups excluding carboxylic acids is 1. The molecular formula is C17H20ClN3O3S2. The molecule has 140 valence electrons. The summed E-state index contributed by atoms with van der Waals surface area (Å²) < 4.78 is 25.1. The molecule has 0 saturated carbocycles. The number of amides is 1. The van der Waals surface area contributed by atoms with Gasteiger partial charge in [-0.3, -0.25) is 4.79 Å². The quantitative estimate of drug-likeness (QED) is 0.817. The van der Waals surface area contributed by atoms with Crippen molar-refractivity contribution >= 4 is 38.9 Å². The zero-order valence-electron chi connectivity index (χ0n) is 14.3. The largest absolute Gasteiger partial charge is 0.337 e. The maximum Gasteiger partial charge on any atom is 0.273 e. The van der Waals surface area contributed by atoms with Gasteiger partial charge in [0.25, 0.3) is 5.91 Å². The fourth-order valence-corrected chi connectivity index (χ4v) is 4.41. The number of benzene rings is 1. The minimum absolute atomic E-state index is 0.106. The maximum atomic E-state index is 12.8. The van der Waals surface area contributed by atoms with E-state index in [9.17, 15) is 13.2 Å². The van der Waals surface area contributed by atoms with Crippen LogP contribution in [0.2, 0.25) is 5.02 Å². The first-order valence-corrected chi connectivity index (χ1v) is 11.4. The van der Waals surface area contributed by atoms with Crippen molar-refractivity contribution in [1.82, 2.24) is 14.6 Å². The van der Waals surface area contributed by atoms with Gasteiger partial charge in [-0.25, -0.2) is 18.1 Å². The van der Waals surface area contributed by atoms with Crippen LogP contribution in [0, 0.1) is 5.92 Å². The highest BCUT2D eigenvalue weighted by Gasteiger charge is 2.26. The van der Waals surface area contributed by atoms with Gasteiger partial charge in [-0.15, -0.1) is 11.3 Å². The Balaban J connectivity index is 1.66. The molecule has 1 aliphatic rings. The summed E-state index contributed by atoms with van der Waals surface area (Å²) in [5, 5.41) is 3.20. The smallest absolute Gasteiger partial charge is 0.273 e. The molecule has 1 aliphatic heterocycles. The maximum absolute atomic E-state index is 12.8. The molecular weight excluding hydrogens is 394 g/mol. The van der Waals surface area contributed by atoms with Crippen LogP contribution in [-0.4, -0.2) is 50.1 Å². The molecule has 1 aromatic heterocycles. The normalized spacial score (nSPS) is 18.1. The summed E-state index contributed by atoms with van der Waals surface area (Å²) in [5.41, 5.74) is 1.35. The molecule has 3 rings (SSSR count). The van der Waals surface area contributed by atoms with Crippen LogP contribution >= 0.6 is 22.9 Å². The molecule has 0 spiro atoms. The van der Waals surface area contributed by atoms with E-state index in [1.54, 1.807) is 22.4 Å². The topological polar surface area (TPSA) is 79.4 Å². The number of sulfonamides is 1. The summed E-state index contributed by atoms with van der Waals surface area (Å²) >= 11 is 7.33. The van der Waals surface area contributed by atoms with Gasteiger partial charge in [0.2, 0.25) is 10.0 Å². The molecule has 0 aliphatic carbocycles. The third-order valence-electron chi connectivity index (χ3n) is 4.25. The van der Waals surface area contributed by atoms with Gasteiger partial charge in [0.15, 0.2) is 0 Å². The Hall–Kier alpha value is -1.48. The summed E-state index contributed by atoms with van der Waals surface area (Å²) in [6.45, 7) is 1.56. The SMILES string of the molecule is CS(=O)(=O)NCC1CCCN(C(=O)c2csc(-c3ccc(Cl)cc3)n2)C1. The van der Waals surface area contributed by atoms with Crippen LogP contribution in [0.3, 0.4) is 0 Å². The monoisotopic (exact) mass is 413 g/mol. The molecule has 9 heteroatoms. The van der Waals surface area contributed by atoms with Crippen molar-refractivity contribution in [1.29, 1.82) is 0 Å². The number of aromatic nitrogens is 1. The third-order valence-corrected chi connectivity index (χ3v) is 6.09. The number of nitrogens with zero attached hydrogens (tertiary/aromatic N) is 2. The van der Waals surface area contributed by atoms with E-state index >= 15 is 0 Å². The Kier molecular flexibility index (Phi) is 5.96. The predicted octanol–water partition coefficient (Wildman–Crippen LogP) is 2.86. The van der Waals surface area contributed by atoms with Crippen molar-refractivity contribution in [3.63, 3.8) is 0 Å². The lowest BCUT2D eigenvalue weighted by Gasteiger charge is -2.32. The Morgan fingerprint density at radius 2 is 2.12 bits per heavy atom. The number of carbonyl (C=O) groups is 1. The van der Waals surface area contributed by atoms with E-state index in [4.69, 9.17) is 11.6 Å². The fourth-order valence-electron chi connectivity index (χ4n) is 2.94. The van der Waals surface area contributed by atoms with Gasteiger partial charge in [-0.1, -0.05) is 23.7 Å². The van der Waals surface area contributed by atoms with Crippen molar-refractivity contribution in [2.45, 2.75) is 12.8 Å². The van der Waals surface area contributed by atoms with Crippen LogP contribution in [0.5, 0.6) is 0 Å². The minimum atomic E-state index is -3.22. The molecule has 0 bridgehead atoms. The molecule has 1 N–H and O–H groups in total. The molecule has 0 radical (unpaired) electrons. The summed E-state index contributed by atoms with van der Waals surface area (Å²) in [6.07, 6.45) is 2.90. The Bertz CT molecular complexity index is 881. The van der Waals surface area contributed by atoms with Gasteiger partial charge < -0.3 is 4.90 Å². The summed E-state index contributed by atoms with van der Waals surface area (Å²) in [7, 11) is -3.22. The van der Waals surface area contributed by atoms with Crippen LogP contribution in [0.25, 0.3) is 10.6 Å². The number of hydrogen-bond acceptors (Lipinski definition) is 5. The first-order valence-electron chi connectivity index (χ1n) is 8.27. The number of thiazole rings is 1. The van der Waals surface area contributed by atoms with Crippen molar-refractivity contribution in [3.8, 4) is 10.6 Å². The lowest BCUT2D eigenvalue weighted by molar-refractivity contribution is 0.0671. The predicted molar refractivity (Wildman–Crippen MR) is 104 cm³/mol. The summed E-state index contributed by atoms with van der Waals surface area (Å²) in [6, 6.07) is 7.35. The number of likely N-dealkylation sites (tertiary alicyclic amines) is 1. The average molecular weight is 414 g/mol. The van der Waals surface area contributed by atoms with E-state index in [0.29, 0.717) is 30.4 Å². The molecule has 2 aromatic rings. The van der Waals surface area contributed by atoms with Crippen LogP contribution in [0.4, 0.5) is 0 Å². The van der Waals surface area contributed by atoms with Crippen LogP contribution in [-0.2, 0) is 10.0 Å². The number of rotatable bonds is 5. The minimum Gasteiger partial charge on any atom is -0.337 e. The van der Waals surface area contributed by atoms with Crippen LogP contribution in [0.1, 0.15) is 23.3 Å². The van der Waals surface area contributed by atoms with Crippen molar-refractivity contribution in [2.75, 3.05) is 25.9 Å². The zero-order chi connectivity index (χ0) is 18.7. The lowest BCUT2D eigenvalue weighted by Crippen LogP contribution is -2.43. The molecule has 1 saturated heterocycles. The first kappa shape index (κ1) is 19.3. The van der Waals surface area contributed by atoms with Gasteiger partial charge >= 0.3 is 0 Å². The Labute approximate surface area is 162 Å². The standard InChI is InChI=1S/C17H20ClN3O3S2/c1-26(23,24)19-9-12-3-2-8-21(10-12)17(22)15-11-25-16(20-15)13-4-6-14(18)7-5-13/h4-7,11-12,19H,2-3,8-10H2,1H3. The van der Waals surface area contributed by atoms with Gasteiger partial charge in [-0.2, -0.15) is 0 Å². The highest BCUT2D eigenvalue weighted by Crippen LogP contribution is 2.26. The highest BCUT2D eigenvalue weighted by molar-refractivity contribution is 7.88. The first-order chi connectivity index (χ1) is 12.3. The van der Waals surface area contributed by atoms with E-state index in [1.807, 2.05) is 12.1 Å². The second-order valence-electron chi connectivity index (χ2n) is 6.42. The van der Waals surface area contributed by atoms with Crippen molar-refractivity contribution < 1.29 is 13.2 Å². The van der Waals surface area contributed by atoms with Gasteiger partial charge in [0, 0.05) is 35.6 Å². The second-order valence-corrected chi connectivity index (χ2v) is 9.55. The Morgan fingerprint density at radius 3 is 2.81 bits per heavy atom. The molecule has 1 aromatic carbocycles. The van der Waals surface area contributed by atoms with Gasteiger partial charge in [0.05, 0.1) is 6.26 Å². The Morgan fingerprint density at radius 1 is 1.38 bits per heavy atom. The number of halogens is 1. The van der Waals surface area contributed by atoms with Crippen LogP contribution < -0.4 is 4.72 Å². The molecule has 1 amide bonds. The van der Waals surface area contributed by atoms with E-state index in [0.717, 1.165) is 29.7 Å². The highest BCUT2D eigenvalue weighted by atomic mass is 35.5. The van der Waals surface area contributed by atoms with E-state index < -0.39 is 10.0 Å². The van der Waals surface area contributed by atoms with E-state index in [1.165, 1.54) is 11.3 Å². The molecule has 6 nitrogen and oxygen atoms in total. The molecule has 1 unspecified atom stereocenters. The summed E-state index contributed by atoms with van der Waals surface area (Å²) in [5.74, 6) is 0.0160. The molecule has 1 fully saturated rings. The lowest BCUT2D eigenvalue weighted by atomic mass is 9.98. The zero-order valence-corrected chi connectivity index (χ0v) is 16.7. The fraction of sp³-hybridized carbons (Fsp3) is 0.412. The number of hydrogen-bond donors (Lipinski definition) is 1. The van der Waals surface area contributed by atoms with Gasteiger partial charge in [-0.05, 0) is 30.9 Å². The molecule has 26 heavy (non-hydrogen) atoms. The summed E-state index contributed by atoms with van der Waals surface area (Å²) in [4.78, 5) is 19.0. The molecule has 1 atom stereocenters. The number of piperidine rings is 1. The van der Waals surface area contributed by atoms with Crippen molar-refractivity contribution in [2.24, 2.45) is 5.92 Å².